The third-order valence-electron chi connectivity index (χ3n) is 8.35. The van der Waals surface area contributed by atoms with Gasteiger partial charge in [0, 0.05) is 39.9 Å². The van der Waals surface area contributed by atoms with Crippen LogP contribution >= 0.6 is 0 Å². The van der Waals surface area contributed by atoms with Crippen molar-refractivity contribution in [3.8, 4) is 34.2 Å². The number of pyridine rings is 2. The minimum Gasteiger partial charge on any atom is -0.254 e. The number of fused-ring (bicyclic) bond motifs is 7. The Bertz CT molecular complexity index is 2440. The summed E-state index contributed by atoms with van der Waals surface area (Å²) >= 11 is 0. The van der Waals surface area contributed by atoms with E-state index in [-0.39, 0.29) is 0 Å². The average Bonchev–Trinajstić information content (AvgIpc) is 3.10. The maximum atomic E-state index is 5.21. The lowest BCUT2D eigenvalue weighted by Gasteiger charge is -2.14. The average molecular weight is 562 g/mol. The van der Waals surface area contributed by atoms with Crippen molar-refractivity contribution in [3.63, 3.8) is 0 Å². The summed E-state index contributed by atoms with van der Waals surface area (Å²) in [7, 11) is 0. The molecule has 0 radical (unpaired) electrons. The normalized spacial score (nSPS) is 11.6. The molecule has 0 spiro atoms. The fourth-order valence-corrected chi connectivity index (χ4v) is 6.28. The summed E-state index contributed by atoms with van der Waals surface area (Å²) in [6.45, 7) is 0. The van der Waals surface area contributed by atoms with Crippen molar-refractivity contribution in [2.45, 2.75) is 0 Å². The van der Waals surface area contributed by atoms with Gasteiger partial charge in [0.25, 0.3) is 0 Å². The lowest BCUT2D eigenvalue weighted by Crippen LogP contribution is -2.01. The highest BCUT2D eigenvalue weighted by Crippen LogP contribution is 2.37. The largest absolute Gasteiger partial charge is 0.254 e. The van der Waals surface area contributed by atoms with Crippen molar-refractivity contribution in [2.24, 2.45) is 0 Å². The Kier molecular flexibility index (Phi) is 5.43. The molecule has 0 bridgehead atoms. The van der Waals surface area contributed by atoms with Gasteiger partial charge in [-0.05, 0) is 62.6 Å². The molecule has 5 heteroatoms. The van der Waals surface area contributed by atoms with Crippen LogP contribution in [0.15, 0.2) is 140 Å². The monoisotopic (exact) mass is 561 g/mol. The van der Waals surface area contributed by atoms with Crippen LogP contribution in [-0.2, 0) is 0 Å². The van der Waals surface area contributed by atoms with Gasteiger partial charge in [-0.15, -0.1) is 0 Å². The highest BCUT2D eigenvalue weighted by Gasteiger charge is 2.18. The van der Waals surface area contributed by atoms with Gasteiger partial charge in [0.2, 0.25) is 0 Å². The summed E-state index contributed by atoms with van der Waals surface area (Å²) in [6, 6.07) is 44.0. The van der Waals surface area contributed by atoms with Crippen LogP contribution in [0.4, 0.5) is 0 Å². The van der Waals surface area contributed by atoms with E-state index in [1.165, 1.54) is 16.2 Å². The van der Waals surface area contributed by atoms with Gasteiger partial charge >= 0.3 is 0 Å². The summed E-state index contributed by atoms with van der Waals surface area (Å²) in [5.41, 5.74) is 4.48. The summed E-state index contributed by atoms with van der Waals surface area (Å²) < 4.78 is 0. The lowest BCUT2D eigenvalue weighted by atomic mass is 9.96. The molecule has 0 atom stereocenters. The van der Waals surface area contributed by atoms with Crippen molar-refractivity contribution < 1.29 is 0 Å². The highest BCUT2D eigenvalue weighted by atomic mass is 15.0. The van der Waals surface area contributed by atoms with Crippen LogP contribution in [0.1, 0.15) is 0 Å². The number of rotatable bonds is 3. The Morgan fingerprint density at radius 3 is 1.75 bits per heavy atom. The summed E-state index contributed by atoms with van der Waals surface area (Å²) in [4.78, 5) is 24.9. The third-order valence-corrected chi connectivity index (χ3v) is 8.35. The summed E-state index contributed by atoms with van der Waals surface area (Å²) in [5, 5.41) is 8.85. The number of nitrogens with zero attached hydrogens (tertiary/aromatic N) is 5. The second-order valence-corrected chi connectivity index (χ2v) is 11.0. The van der Waals surface area contributed by atoms with Gasteiger partial charge in [-0.25, -0.2) is 15.0 Å². The van der Waals surface area contributed by atoms with E-state index < -0.39 is 0 Å². The first-order chi connectivity index (χ1) is 21.8. The standard InChI is InChI=1S/C39H23N5/c1-2-10-25-21-28(18-17-24(25)9-1)37-42-38(33-22-26-11-3-4-13-29(26)30-14-5-6-15-31(30)33)44-39(43-37)34-23-27-12-7-19-40-35(27)36-32(34)16-8-20-41-36/h1-23H. The molecule has 0 amide bonds. The minimum absolute atomic E-state index is 0.596. The first kappa shape index (κ1) is 24.5. The molecule has 44 heavy (non-hydrogen) atoms. The molecule has 6 aromatic carbocycles. The number of hydrogen-bond acceptors (Lipinski definition) is 5. The van der Waals surface area contributed by atoms with E-state index in [1.807, 2.05) is 12.1 Å². The summed E-state index contributed by atoms with van der Waals surface area (Å²) in [6.07, 6.45) is 3.61. The Hall–Kier alpha value is -6.07. The van der Waals surface area contributed by atoms with Gasteiger partial charge in [-0.3, -0.25) is 9.97 Å². The van der Waals surface area contributed by atoms with Gasteiger partial charge in [0.05, 0.1) is 11.0 Å². The van der Waals surface area contributed by atoms with E-state index in [4.69, 9.17) is 19.9 Å². The van der Waals surface area contributed by atoms with Crippen molar-refractivity contribution in [3.05, 3.63) is 140 Å². The van der Waals surface area contributed by atoms with Crippen LogP contribution in [0.5, 0.6) is 0 Å². The van der Waals surface area contributed by atoms with Crippen molar-refractivity contribution in [1.82, 2.24) is 24.9 Å². The number of hydrogen-bond donors (Lipinski definition) is 0. The Balaban J connectivity index is 1.38. The predicted octanol–water partition coefficient (Wildman–Crippen LogP) is 9.43. The SMILES string of the molecule is c1ccc2cc(-c3nc(-c4cc5ccccc5c5ccccc45)nc(-c4cc5cccnc5c5ncccc45)n3)ccc2c1. The van der Waals surface area contributed by atoms with Gasteiger partial charge in [0.15, 0.2) is 17.5 Å². The van der Waals surface area contributed by atoms with Crippen LogP contribution in [0.25, 0.3) is 88.3 Å². The molecule has 0 N–H and O–H groups in total. The molecule has 0 aliphatic rings. The fourth-order valence-electron chi connectivity index (χ4n) is 6.28. The maximum Gasteiger partial charge on any atom is 0.164 e. The van der Waals surface area contributed by atoms with E-state index in [9.17, 15) is 0 Å². The Labute approximate surface area is 252 Å². The third kappa shape index (κ3) is 3.91. The van der Waals surface area contributed by atoms with Crippen LogP contribution in [-0.4, -0.2) is 24.9 Å². The van der Waals surface area contributed by atoms with Crippen molar-refractivity contribution in [2.75, 3.05) is 0 Å². The van der Waals surface area contributed by atoms with E-state index in [0.717, 1.165) is 54.7 Å². The van der Waals surface area contributed by atoms with Crippen molar-refractivity contribution >= 4 is 54.1 Å². The Morgan fingerprint density at radius 2 is 0.909 bits per heavy atom. The second kappa shape index (κ2) is 9.75. The molecular weight excluding hydrogens is 538 g/mol. The zero-order chi connectivity index (χ0) is 29.0. The molecule has 0 saturated heterocycles. The second-order valence-electron chi connectivity index (χ2n) is 11.0. The molecular formula is C39H23N5. The van der Waals surface area contributed by atoms with Gasteiger partial charge in [-0.1, -0.05) is 97.1 Å². The van der Waals surface area contributed by atoms with E-state index in [1.54, 1.807) is 12.4 Å². The van der Waals surface area contributed by atoms with E-state index >= 15 is 0 Å². The molecule has 9 aromatic rings. The molecule has 204 valence electrons. The summed E-state index contributed by atoms with van der Waals surface area (Å²) in [5.74, 6) is 1.85. The molecule has 3 aromatic heterocycles. The van der Waals surface area contributed by atoms with Crippen LogP contribution in [0.2, 0.25) is 0 Å². The smallest absolute Gasteiger partial charge is 0.164 e. The zero-order valence-corrected chi connectivity index (χ0v) is 23.5. The fraction of sp³-hybridized carbons (Fsp3) is 0. The molecule has 0 saturated carbocycles. The first-order valence-corrected chi connectivity index (χ1v) is 14.6. The molecule has 0 aliphatic heterocycles. The van der Waals surface area contributed by atoms with E-state index in [2.05, 4.69) is 120 Å². The van der Waals surface area contributed by atoms with Gasteiger partial charge < -0.3 is 0 Å². The van der Waals surface area contributed by atoms with E-state index in [0.29, 0.717) is 17.5 Å². The topological polar surface area (TPSA) is 64.5 Å². The van der Waals surface area contributed by atoms with Crippen LogP contribution < -0.4 is 0 Å². The molecule has 9 rings (SSSR count). The molecule has 3 heterocycles. The van der Waals surface area contributed by atoms with Gasteiger partial charge in [-0.2, -0.15) is 0 Å². The molecule has 5 nitrogen and oxygen atoms in total. The Morgan fingerprint density at radius 1 is 0.341 bits per heavy atom. The minimum atomic E-state index is 0.596. The molecule has 0 fully saturated rings. The quantitative estimate of drug-likeness (QED) is 0.201. The first-order valence-electron chi connectivity index (χ1n) is 14.6. The maximum absolute atomic E-state index is 5.21. The van der Waals surface area contributed by atoms with Gasteiger partial charge in [0.1, 0.15) is 0 Å². The predicted molar refractivity (Wildman–Crippen MR) is 179 cm³/mol. The highest BCUT2D eigenvalue weighted by molar-refractivity contribution is 6.13. The number of benzene rings is 6. The molecule has 0 unspecified atom stereocenters. The lowest BCUT2D eigenvalue weighted by molar-refractivity contribution is 1.08. The molecule has 0 aliphatic carbocycles. The zero-order valence-electron chi connectivity index (χ0n) is 23.5. The number of aromatic nitrogens is 5. The van der Waals surface area contributed by atoms with Crippen LogP contribution in [0, 0.1) is 0 Å². The van der Waals surface area contributed by atoms with Crippen molar-refractivity contribution in [1.29, 1.82) is 0 Å². The van der Waals surface area contributed by atoms with Crippen LogP contribution in [0.3, 0.4) is 0 Å².